The Bertz CT molecular complexity index is 716. The number of benzene rings is 2. The molecule has 0 saturated heterocycles. The minimum absolute atomic E-state index is 0.134. The van der Waals surface area contributed by atoms with Gasteiger partial charge in [0.05, 0.1) is 0 Å². The van der Waals surface area contributed by atoms with Crippen molar-refractivity contribution in [1.29, 1.82) is 0 Å². The van der Waals surface area contributed by atoms with Gasteiger partial charge < -0.3 is 16.0 Å². The van der Waals surface area contributed by atoms with Crippen molar-refractivity contribution in [2.45, 2.75) is 19.4 Å². The van der Waals surface area contributed by atoms with Gasteiger partial charge in [0, 0.05) is 36.4 Å². The Morgan fingerprint density at radius 3 is 2.46 bits per heavy atom. The fourth-order valence-electron chi connectivity index (χ4n) is 2.25. The fourth-order valence-corrected chi connectivity index (χ4v) is 2.25. The Balaban J connectivity index is 1.90. The summed E-state index contributed by atoms with van der Waals surface area (Å²) in [6, 6.07) is 12.5. The summed E-state index contributed by atoms with van der Waals surface area (Å²) < 4.78 is 12.8. The number of carbonyl (C=O) groups excluding carboxylic acids is 2. The van der Waals surface area contributed by atoms with Crippen molar-refractivity contribution in [3.05, 3.63) is 59.9 Å². The van der Waals surface area contributed by atoms with Gasteiger partial charge in [0.1, 0.15) is 5.82 Å². The van der Waals surface area contributed by atoms with E-state index in [1.54, 1.807) is 25.2 Å². The van der Waals surface area contributed by atoms with E-state index in [2.05, 4.69) is 16.0 Å². The van der Waals surface area contributed by atoms with Crippen LogP contribution in [0.4, 0.5) is 15.8 Å². The van der Waals surface area contributed by atoms with Crippen molar-refractivity contribution in [3.8, 4) is 0 Å². The lowest BCUT2D eigenvalue weighted by atomic mass is 10.1. The molecule has 0 bridgehead atoms. The van der Waals surface area contributed by atoms with Gasteiger partial charge in [0.15, 0.2) is 0 Å². The summed E-state index contributed by atoms with van der Waals surface area (Å²) in [7, 11) is 1.57. The lowest BCUT2D eigenvalue weighted by Gasteiger charge is -2.15. The molecule has 2 rings (SSSR count). The van der Waals surface area contributed by atoms with Crippen LogP contribution < -0.4 is 16.0 Å². The Morgan fingerprint density at radius 1 is 1.08 bits per heavy atom. The molecular formula is C18H20FN3O2. The fraction of sp³-hybridized carbons (Fsp3) is 0.222. The summed E-state index contributed by atoms with van der Waals surface area (Å²) in [5.74, 6) is -0.691. The first-order chi connectivity index (χ1) is 11.5. The topological polar surface area (TPSA) is 70.2 Å². The summed E-state index contributed by atoms with van der Waals surface area (Å²) in [6.07, 6.45) is 0.238. The zero-order valence-corrected chi connectivity index (χ0v) is 13.6. The number of amides is 2. The normalized spacial score (nSPS) is 11.5. The van der Waals surface area contributed by atoms with Crippen molar-refractivity contribution >= 4 is 23.2 Å². The molecule has 1 atom stereocenters. The second-order valence-corrected chi connectivity index (χ2v) is 5.46. The number of nitrogens with one attached hydrogen (secondary N) is 3. The number of anilines is 2. The highest BCUT2D eigenvalue weighted by molar-refractivity contribution is 5.95. The molecule has 0 aromatic heterocycles. The largest absolute Gasteiger partial charge is 0.382 e. The first-order valence-corrected chi connectivity index (χ1v) is 7.62. The first-order valence-electron chi connectivity index (χ1n) is 7.62. The predicted octanol–water partition coefficient (Wildman–Crippen LogP) is 3.01. The summed E-state index contributed by atoms with van der Waals surface area (Å²) in [5.41, 5.74) is 1.86. The van der Waals surface area contributed by atoms with E-state index in [-0.39, 0.29) is 30.1 Å². The van der Waals surface area contributed by atoms with Crippen LogP contribution in [-0.2, 0) is 4.79 Å². The summed E-state index contributed by atoms with van der Waals surface area (Å²) in [5, 5.41) is 8.47. The maximum absolute atomic E-state index is 12.8. The van der Waals surface area contributed by atoms with E-state index in [0.29, 0.717) is 11.3 Å². The highest BCUT2D eigenvalue weighted by Crippen LogP contribution is 2.14. The van der Waals surface area contributed by atoms with Gasteiger partial charge in [0.25, 0.3) is 5.91 Å². The minimum atomic E-state index is -0.348. The van der Waals surface area contributed by atoms with E-state index in [1.165, 1.54) is 24.3 Å². The van der Waals surface area contributed by atoms with Gasteiger partial charge in [-0.2, -0.15) is 0 Å². The third-order valence-electron chi connectivity index (χ3n) is 3.38. The van der Waals surface area contributed by atoms with E-state index in [0.717, 1.165) is 5.69 Å². The van der Waals surface area contributed by atoms with Crippen molar-refractivity contribution in [3.63, 3.8) is 0 Å². The highest BCUT2D eigenvalue weighted by Gasteiger charge is 2.10. The molecule has 24 heavy (non-hydrogen) atoms. The van der Waals surface area contributed by atoms with Crippen molar-refractivity contribution in [2.24, 2.45) is 0 Å². The molecule has 0 saturated carbocycles. The van der Waals surface area contributed by atoms with Crippen LogP contribution in [0.25, 0.3) is 0 Å². The quantitative estimate of drug-likeness (QED) is 0.763. The van der Waals surface area contributed by atoms with Crippen LogP contribution in [0.2, 0.25) is 0 Å². The number of hydrogen-bond donors (Lipinski definition) is 3. The van der Waals surface area contributed by atoms with Crippen molar-refractivity contribution in [2.75, 3.05) is 17.7 Å². The van der Waals surface area contributed by atoms with Crippen LogP contribution in [-0.4, -0.2) is 24.9 Å². The van der Waals surface area contributed by atoms with Crippen LogP contribution in [0, 0.1) is 5.82 Å². The van der Waals surface area contributed by atoms with E-state index in [9.17, 15) is 14.0 Å². The zero-order valence-electron chi connectivity index (χ0n) is 13.6. The van der Waals surface area contributed by atoms with Gasteiger partial charge in [-0.15, -0.1) is 0 Å². The molecule has 2 aromatic carbocycles. The Kier molecular flexibility index (Phi) is 5.89. The number of halogens is 1. The zero-order chi connectivity index (χ0) is 17.5. The molecule has 0 aliphatic heterocycles. The third kappa shape index (κ3) is 5.08. The highest BCUT2D eigenvalue weighted by atomic mass is 19.1. The molecule has 126 valence electrons. The van der Waals surface area contributed by atoms with Gasteiger partial charge in [-0.25, -0.2) is 4.39 Å². The van der Waals surface area contributed by atoms with Gasteiger partial charge in [-0.3, -0.25) is 9.59 Å². The Labute approximate surface area is 140 Å². The summed E-state index contributed by atoms with van der Waals surface area (Å²) in [6.45, 7) is 1.87. The van der Waals surface area contributed by atoms with Crippen molar-refractivity contribution < 1.29 is 14.0 Å². The predicted molar refractivity (Wildman–Crippen MR) is 92.6 cm³/mol. The molecule has 3 N–H and O–H groups in total. The molecule has 6 heteroatoms. The first kappa shape index (κ1) is 17.5. The van der Waals surface area contributed by atoms with Crippen LogP contribution in [0.15, 0.2) is 48.5 Å². The molecule has 0 heterocycles. The van der Waals surface area contributed by atoms with Gasteiger partial charge in [-0.05, 0) is 49.4 Å². The number of hydrogen-bond acceptors (Lipinski definition) is 3. The summed E-state index contributed by atoms with van der Waals surface area (Å²) in [4.78, 5) is 23.6. The number of rotatable bonds is 6. The average molecular weight is 329 g/mol. The molecule has 0 aliphatic rings. The SMILES string of the molecule is CNC(=O)c1cccc(NC(C)CC(=O)Nc2ccc(F)cc2)c1. The number of carbonyl (C=O) groups is 2. The molecule has 0 radical (unpaired) electrons. The second-order valence-electron chi connectivity index (χ2n) is 5.46. The standard InChI is InChI=1S/C18H20FN3O2/c1-12(10-17(23)22-15-8-6-14(19)7-9-15)21-16-5-3-4-13(11-16)18(24)20-2/h3-9,11-12,21H,10H2,1-2H3,(H,20,24)(H,22,23). The van der Waals surface area contributed by atoms with Gasteiger partial charge in [0.2, 0.25) is 5.91 Å². The molecule has 0 fully saturated rings. The Morgan fingerprint density at radius 2 is 1.79 bits per heavy atom. The van der Waals surface area contributed by atoms with Gasteiger partial charge in [-0.1, -0.05) is 6.07 Å². The van der Waals surface area contributed by atoms with Crippen LogP contribution >= 0.6 is 0 Å². The maximum atomic E-state index is 12.8. The smallest absolute Gasteiger partial charge is 0.251 e. The molecule has 0 spiro atoms. The van der Waals surface area contributed by atoms with E-state index >= 15 is 0 Å². The molecule has 2 aromatic rings. The summed E-state index contributed by atoms with van der Waals surface area (Å²) >= 11 is 0. The molecule has 0 aliphatic carbocycles. The van der Waals surface area contributed by atoms with Crippen molar-refractivity contribution in [1.82, 2.24) is 5.32 Å². The minimum Gasteiger partial charge on any atom is -0.382 e. The van der Waals surface area contributed by atoms with Crippen LogP contribution in [0.3, 0.4) is 0 Å². The average Bonchev–Trinajstić information content (AvgIpc) is 2.56. The van der Waals surface area contributed by atoms with E-state index < -0.39 is 0 Å². The second kappa shape index (κ2) is 8.10. The molecular weight excluding hydrogens is 309 g/mol. The van der Waals surface area contributed by atoms with Crippen LogP contribution in [0.1, 0.15) is 23.7 Å². The monoisotopic (exact) mass is 329 g/mol. The Hall–Kier alpha value is -2.89. The van der Waals surface area contributed by atoms with E-state index in [1.807, 2.05) is 13.0 Å². The molecule has 5 nitrogen and oxygen atoms in total. The maximum Gasteiger partial charge on any atom is 0.251 e. The van der Waals surface area contributed by atoms with Gasteiger partial charge >= 0.3 is 0 Å². The van der Waals surface area contributed by atoms with Crippen LogP contribution in [0.5, 0.6) is 0 Å². The third-order valence-corrected chi connectivity index (χ3v) is 3.38. The molecule has 1 unspecified atom stereocenters. The van der Waals surface area contributed by atoms with E-state index in [4.69, 9.17) is 0 Å². The lowest BCUT2D eigenvalue weighted by molar-refractivity contribution is -0.116. The lowest BCUT2D eigenvalue weighted by Crippen LogP contribution is -2.24. The molecule has 2 amide bonds.